The van der Waals surface area contributed by atoms with Crippen molar-refractivity contribution in [2.75, 3.05) is 13.2 Å². The Hall–Kier alpha value is -0.570. The second-order valence-electron chi connectivity index (χ2n) is 3.86. The predicted octanol–water partition coefficient (Wildman–Crippen LogP) is 0.836. The van der Waals surface area contributed by atoms with Crippen LogP contribution < -0.4 is 5.32 Å². The van der Waals surface area contributed by atoms with E-state index in [1.165, 1.54) is 32.1 Å². The Balaban J connectivity index is 1.96. The van der Waals surface area contributed by atoms with Gasteiger partial charge in [0.15, 0.2) is 0 Å². The van der Waals surface area contributed by atoms with E-state index >= 15 is 0 Å². The molecule has 1 N–H and O–H groups in total. The van der Waals surface area contributed by atoms with Crippen LogP contribution in [0.4, 0.5) is 0 Å². The zero-order valence-electron chi connectivity index (χ0n) is 7.27. The van der Waals surface area contributed by atoms with Crippen LogP contribution in [0.15, 0.2) is 0 Å². The third-order valence-corrected chi connectivity index (χ3v) is 2.93. The summed E-state index contributed by atoms with van der Waals surface area (Å²) < 4.78 is 5.07. The largest absolute Gasteiger partial charge is 0.463 e. The van der Waals surface area contributed by atoms with Crippen LogP contribution in [0.5, 0.6) is 0 Å². The molecule has 3 nitrogen and oxygen atoms in total. The van der Waals surface area contributed by atoms with Crippen molar-refractivity contribution in [3.63, 3.8) is 0 Å². The van der Waals surface area contributed by atoms with Crippen molar-refractivity contribution in [3.05, 3.63) is 0 Å². The molecule has 0 atom stereocenters. The Kier molecular flexibility index (Phi) is 2.05. The fourth-order valence-corrected chi connectivity index (χ4v) is 2.13. The van der Waals surface area contributed by atoms with Crippen molar-refractivity contribution in [1.82, 2.24) is 5.32 Å². The fourth-order valence-electron chi connectivity index (χ4n) is 2.13. The molecule has 1 spiro atoms. The first kappa shape index (κ1) is 8.05. The summed E-state index contributed by atoms with van der Waals surface area (Å²) in [5.74, 6) is -0.105. The van der Waals surface area contributed by atoms with E-state index in [4.69, 9.17) is 4.74 Å². The molecule has 2 fully saturated rings. The summed E-state index contributed by atoms with van der Waals surface area (Å²) in [6.07, 6.45) is 6.20. The van der Waals surface area contributed by atoms with Gasteiger partial charge in [0.05, 0.1) is 12.1 Å². The van der Waals surface area contributed by atoms with Gasteiger partial charge in [0.25, 0.3) is 0 Å². The highest BCUT2D eigenvalue weighted by Crippen LogP contribution is 2.29. The first-order valence-corrected chi connectivity index (χ1v) is 4.71. The second kappa shape index (κ2) is 3.05. The lowest BCUT2D eigenvalue weighted by molar-refractivity contribution is -0.151. The number of rotatable bonds is 0. The van der Waals surface area contributed by atoms with E-state index in [9.17, 15) is 4.79 Å². The number of carbonyl (C=O) groups is 1. The van der Waals surface area contributed by atoms with Crippen molar-refractivity contribution in [3.8, 4) is 0 Å². The van der Waals surface area contributed by atoms with Gasteiger partial charge in [-0.1, -0.05) is 19.3 Å². The fraction of sp³-hybridized carbons (Fsp3) is 0.889. The Morgan fingerprint density at radius 3 is 2.58 bits per heavy atom. The number of ether oxygens (including phenoxy) is 1. The molecule has 0 aromatic carbocycles. The number of carbonyl (C=O) groups excluding carboxylic acids is 1. The first-order chi connectivity index (χ1) is 5.81. The van der Waals surface area contributed by atoms with E-state index in [-0.39, 0.29) is 11.5 Å². The molecule has 0 amide bonds. The van der Waals surface area contributed by atoms with Crippen LogP contribution in [0, 0.1) is 0 Å². The zero-order chi connectivity index (χ0) is 8.44. The molecule has 0 unspecified atom stereocenters. The lowest BCUT2D eigenvalue weighted by Crippen LogP contribution is -2.56. The van der Waals surface area contributed by atoms with Gasteiger partial charge in [-0.25, -0.2) is 0 Å². The molecule has 0 aromatic rings. The molecule has 2 aliphatic rings. The maximum atomic E-state index is 10.8. The van der Waals surface area contributed by atoms with E-state index < -0.39 is 0 Å². The van der Waals surface area contributed by atoms with Gasteiger partial charge in [-0.2, -0.15) is 0 Å². The average Bonchev–Trinajstić information content (AvgIpc) is 2.13. The van der Waals surface area contributed by atoms with Crippen LogP contribution in [0.2, 0.25) is 0 Å². The van der Waals surface area contributed by atoms with Crippen molar-refractivity contribution in [2.24, 2.45) is 0 Å². The van der Waals surface area contributed by atoms with Gasteiger partial charge in [0.2, 0.25) is 0 Å². The van der Waals surface area contributed by atoms with Gasteiger partial charge in [-0.05, 0) is 12.8 Å². The molecule has 0 radical (unpaired) electrons. The van der Waals surface area contributed by atoms with Crippen molar-refractivity contribution < 1.29 is 9.53 Å². The zero-order valence-corrected chi connectivity index (χ0v) is 7.27. The summed E-state index contributed by atoms with van der Waals surface area (Å²) in [6.45, 7) is 0.992. The summed E-state index contributed by atoms with van der Waals surface area (Å²) >= 11 is 0. The molecule has 1 aliphatic carbocycles. The Bertz CT molecular complexity index is 173. The van der Waals surface area contributed by atoms with E-state index in [0.717, 1.165) is 0 Å². The van der Waals surface area contributed by atoms with Gasteiger partial charge in [0, 0.05) is 0 Å². The van der Waals surface area contributed by atoms with Crippen molar-refractivity contribution >= 4 is 5.97 Å². The summed E-state index contributed by atoms with van der Waals surface area (Å²) in [7, 11) is 0. The minimum absolute atomic E-state index is 0.105. The number of esters is 1. The number of cyclic esters (lactones) is 1. The molecule has 1 aliphatic heterocycles. The lowest BCUT2D eigenvalue weighted by atomic mass is 9.82. The number of hydrogen-bond donors (Lipinski definition) is 1. The minimum Gasteiger partial charge on any atom is -0.463 e. The van der Waals surface area contributed by atoms with Crippen LogP contribution >= 0.6 is 0 Å². The Morgan fingerprint density at radius 2 is 2.00 bits per heavy atom. The maximum absolute atomic E-state index is 10.8. The molecule has 1 heterocycles. The van der Waals surface area contributed by atoms with Crippen LogP contribution in [0.1, 0.15) is 32.1 Å². The smallest absolute Gasteiger partial charge is 0.320 e. The van der Waals surface area contributed by atoms with Gasteiger partial charge in [0.1, 0.15) is 6.61 Å². The third kappa shape index (κ3) is 1.46. The molecule has 1 saturated carbocycles. The van der Waals surface area contributed by atoms with E-state index in [0.29, 0.717) is 13.2 Å². The summed E-state index contributed by atoms with van der Waals surface area (Å²) in [4.78, 5) is 10.8. The monoisotopic (exact) mass is 169 g/mol. The van der Waals surface area contributed by atoms with Crippen LogP contribution in [-0.4, -0.2) is 24.7 Å². The van der Waals surface area contributed by atoms with E-state index in [1.807, 2.05) is 0 Å². The van der Waals surface area contributed by atoms with E-state index in [2.05, 4.69) is 5.32 Å². The SMILES string of the molecule is O=C1CNC2(CCCCC2)CO1. The molecule has 3 heteroatoms. The normalized spacial score (nSPS) is 28.5. The van der Waals surface area contributed by atoms with Crippen molar-refractivity contribution in [1.29, 1.82) is 0 Å². The summed E-state index contributed by atoms with van der Waals surface area (Å²) in [5, 5.41) is 3.31. The van der Waals surface area contributed by atoms with E-state index in [1.54, 1.807) is 0 Å². The molecule has 2 rings (SSSR count). The van der Waals surface area contributed by atoms with Gasteiger partial charge < -0.3 is 4.74 Å². The molecular formula is C9H15NO2. The van der Waals surface area contributed by atoms with Crippen LogP contribution in [-0.2, 0) is 9.53 Å². The maximum Gasteiger partial charge on any atom is 0.320 e. The molecule has 1 saturated heterocycles. The number of morpholine rings is 1. The number of nitrogens with one attached hydrogen (secondary N) is 1. The summed E-state index contributed by atoms with van der Waals surface area (Å²) in [5.41, 5.74) is 0.145. The average molecular weight is 169 g/mol. The van der Waals surface area contributed by atoms with Gasteiger partial charge in [-0.15, -0.1) is 0 Å². The quantitative estimate of drug-likeness (QED) is 0.546. The number of hydrogen-bond acceptors (Lipinski definition) is 3. The highest BCUT2D eigenvalue weighted by molar-refractivity contribution is 5.72. The minimum atomic E-state index is -0.105. The summed E-state index contributed by atoms with van der Waals surface area (Å²) in [6, 6.07) is 0. The Labute approximate surface area is 72.5 Å². The highest BCUT2D eigenvalue weighted by atomic mass is 16.5. The molecule has 0 bridgehead atoms. The first-order valence-electron chi connectivity index (χ1n) is 4.71. The topological polar surface area (TPSA) is 38.3 Å². The molecule has 68 valence electrons. The van der Waals surface area contributed by atoms with Crippen LogP contribution in [0.3, 0.4) is 0 Å². The predicted molar refractivity (Wildman–Crippen MR) is 44.8 cm³/mol. The standard InChI is InChI=1S/C9H15NO2/c11-8-6-10-9(7-12-8)4-2-1-3-5-9/h10H,1-7H2. The van der Waals surface area contributed by atoms with Crippen LogP contribution in [0.25, 0.3) is 0 Å². The van der Waals surface area contributed by atoms with Crippen molar-refractivity contribution in [2.45, 2.75) is 37.6 Å². The second-order valence-corrected chi connectivity index (χ2v) is 3.86. The van der Waals surface area contributed by atoms with Gasteiger partial charge in [-0.3, -0.25) is 10.1 Å². The molecule has 0 aromatic heterocycles. The molecular weight excluding hydrogens is 154 g/mol. The molecule has 12 heavy (non-hydrogen) atoms. The Morgan fingerprint density at radius 1 is 1.25 bits per heavy atom. The third-order valence-electron chi connectivity index (χ3n) is 2.93. The lowest BCUT2D eigenvalue weighted by Gasteiger charge is -2.40. The van der Waals surface area contributed by atoms with Gasteiger partial charge >= 0.3 is 5.97 Å². The highest BCUT2D eigenvalue weighted by Gasteiger charge is 2.36.